The van der Waals surface area contributed by atoms with Gasteiger partial charge in [-0.3, -0.25) is 4.79 Å². The molecule has 146 valence electrons. The highest BCUT2D eigenvalue weighted by atomic mass is 35.5. The Balaban J connectivity index is 1.83. The molecule has 1 N–H and O–H groups in total. The Morgan fingerprint density at radius 2 is 1.89 bits per heavy atom. The Morgan fingerprint density at radius 1 is 1.14 bits per heavy atom. The van der Waals surface area contributed by atoms with E-state index in [4.69, 9.17) is 11.6 Å². The summed E-state index contributed by atoms with van der Waals surface area (Å²) < 4.78 is 55.0. The molecule has 0 aliphatic heterocycles. The van der Waals surface area contributed by atoms with E-state index < -0.39 is 29.2 Å². The maximum absolute atomic E-state index is 13.6. The highest BCUT2D eigenvalue weighted by Gasteiger charge is 2.40. The van der Waals surface area contributed by atoms with Gasteiger partial charge in [-0.1, -0.05) is 35.9 Å². The number of carbonyl (C=O) groups excluding carboxylic acids is 1. The van der Waals surface area contributed by atoms with E-state index in [9.17, 15) is 22.4 Å². The first-order chi connectivity index (χ1) is 13.3. The topological polar surface area (TPSA) is 46.9 Å². The maximum atomic E-state index is 13.6. The number of halogens is 5. The van der Waals surface area contributed by atoms with E-state index in [2.05, 4.69) is 10.4 Å². The lowest BCUT2D eigenvalue weighted by Gasteiger charge is -2.13. The first kappa shape index (κ1) is 19.9. The summed E-state index contributed by atoms with van der Waals surface area (Å²) in [5.74, 6) is -1.39. The summed E-state index contributed by atoms with van der Waals surface area (Å²) in [6.45, 7) is -0.0284. The van der Waals surface area contributed by atoms with Crippen LogP contribution in [0, 0.1) is 5.82 Å². The number of hydrogen-bond donors (Lipinski definition) is 1. The molecule has 0 unspecified atom stereocenters. The molecular weight excluding hydrogens is 398 g/mol. The van der Waals surface area contributed by atoms with Gasteiger partial charge in [0, 0.05) is 11.6 Å². The fraction of sp³-hybridized carbons (Fsp3) is 0.158. The van der Waals surface area contributed by atoms with Gasteiger partial charge in [-0.25, -0.2) is 9.07 Å². The molecule has 1 heterocycles. The highest BCUT2D eigenvalue weighted by Crippen LogP contribution is 2.34. The number of aromatic nitrogens is 2. The first-order valence-corrected chi connectivity index (χ1v) is 8.58. The van der Waals surface area contributed by atoms with Crippen LogP contribution in [0.4, 0.5) is 17.6 Å². The van der Waals surface area contributed by atoms with Crippen LogP contribution in [0.1, 0.15) is 21.6 Å². The summed E-state index contributed by atoms with van der Waals surface area (Å²) in [5.41, 5.74) is -1.40. The van der Waals surface area contributed by atoms with Crippen molar-refractivity contribution in [2.24, 2.45) is 0 Å². The quantitative estimate of drug-likeness (QED) is 0.621. The molecule has 1 aromatic heterocycles. The van der Waals surface area contributed by atoms with Crippen molar-refractivity contribution in [2.75, 3.05) is 6.54 Å². The fourth-order valence-corrected chi connectivity index (χ4v) is 2.88. The Kier molecular flexibility index (Phi) is 5.69. The molecule has 0 atom stereocenters. The monoisotopic (exact) mass is 411 g/mol. The number of benzene rings is 2. The summed E-state index contributed by atoms with van der Waals surface area (Å²) in [6, 6.07) is 11.7. The van der Waals surface area contributed by atoms with Gasteiger partial charge >= 0.3 is 6.18 Å². The number of hydrogen-bond acceptors (Lipinski definition) is 2. The molecule has 3 aromatic rings. The van der Waals surface area contributed by atoms with Gasteiger partial charge < -0.3 is 5.32 Å². The molecule has 1 amide bonds. The van der Waals surface area contributed by atoms with Crippen molar-refractivity contribution in [3.63, 3.8) is 0 Å². The SMILES string of the molecule is O=C(NCCc1ccccc1F)c1cnn(-c2cccc(Cl)c2)c1C(F)(F)F. The van der Waals surface area contributed by atoms with Crippen LogP contribution in [0.2, 0.25) is 5.02 Å². The van der Waals surface area contributed by atoms with Crippen LogP contribution in [0.5, 0.6) is 0 Å². The van der Waals surface area contributed by atoms with Crippen LogP contribution in [0.25, 0.3) is 5.69 Å². The Bertz CT molecular complexity index is 1000. The number of carbonyl (C=O) groups is 1. The third-order valence-corrected chi connectivity index (χ3v) is 4.21. The molecule has 9 heteroatoms. The Labute approximate surface area is 162 Å². The van der Waals surface area contributed by atoms with Gasteiger partial charge in [0.1, 0.15) is 5.82 Å². The van der Waals surface area contributed by atoms with Crippen LogP contribution in [0.15, 0.2) is 54.7 Å². The van der Waals surface area contributed by atoms with Crippen LogP contribution < -0.4 is 5.32 Å². The van der Waals surface area contributed by atoms with Crippen molar-refractivity contribution in [3.05, 3.63) is 82.4 Å². The Hall–Kier alpha value is -2.87. The predicted molar refractivity (Wildman–Crippen MR) is 96.0 cm³/mol. The summed E-state index contributed by atoms with van der Waals surface area (Å²) in [6.07, 6.45) is -3.83. The molecule has 0 bridgehead atoms. The summed E-state index contributed by atoms with van der Waals surface area (Å²) in [4.78, 5) is 12.3. The average molecular weight is 412 g/mol. The van der Waals surface area contributed by atoms with Crippen molar-refractivity contribution >= 4 is 17.5 Å². The number of nitrogens with zero attached hydrogens (tertiary/aromatic N) is 2. The smallest absolute Gasteiger partial charge is 0.352 e. The molecule has 0 spiro atoms. The van der Waals surface area contributed by atoms with Crippen molar-refractivity contribution in [1.29, 1.82) is 0 Å². The van der Waals surface area contributed by atoms with Gasteiger partial charge in [-0.05, 0) is 36.2 Å². The normalized spacial score (nSPS) is 11.5. The second-order valence-corrected chi connectivity index (χ2v) is 6.33. The van der Waals surface area contributed by atoms with E-state index in [0.29, 0.717) is 10.2 Å². The van der Waals surface area contributed by atoms with E-state index in [1.165, 1.54) is 36.4 Å². The van der Waals surface area contributed by atoms with Gasteiger partial charge in [0.2, 0.25) is 0 Å². The maximum Gasteiger partial charge on any atom is 0.434 e. The van der Waals surface area contributed by atoms with Gasteiger partial charge in [-0.2, -0.15) is 18.3 Å². The van der Waals surface area contributed by atoms with Crippen molar-refractivity contribution < 1.29 is 22.4 Å². The lowest BCUT2D eigenvalue weighted by Crippen LogP contribution is -2.28. The lowest BCUT2D eigenvalue weighted by molar-refractivity contribution is -0.143. The predicted octanol–water partition coefficient (Wildman–Crippen LogP) is 4.66. The zero-order valence-corrected chi connectivity index (χ0v) is 15.1. The lowest BCUT2D eigenvalue weighted by atomic mass is 10.1. The van der Waals surface area contributed by atoms with E-state index in [-0.39, 0.29) is 23.7 Å². The third-order valence-electron chi connectivity index (χ3n) is 3.97. The van der Waals surface area contributed by atoms with E-state index in [1.54, 1.807) is 12.1 Å². The molecular formula is C19H14ClF4N3O. The minimum Gasteiger partial charge on any atom is -0.352 e. The third kappa shape index (κ3) is 4.33. The molecule has 3 rings (SSSR count). The van der Waals surface area contributed by atoms with E-state index in [1.807, 2.05) is 0 Å². The van der Waals surface area contributed by atoms with Crippen LogP contribution in [0.3, 0.4) is 0 Å². The number of amides is 1. The fourth-order valence-electron chi connectivity index (χ4n) is 2.70. The van der Waals surface area contributed by atoms with Crippen molar-refractivity contribution in [2.45, 2.75) is 12.6 Å². The van der Waals surface area contributed by atoms with E-state index >= 15 is 0 Å². The molecule has 2 aromatic carbocycles. The molecule has 0 radical (unpaired) electrons. The molecule has 0 saturated carbocycles. The first-order valence-electron chi connectivity index (χ1n) is 8.20. The molecule has 28 heavy (non-hydrogen) atoms. The molecule has 4 nitrogen and oxygen atoms in total. The number of alkyl halides is 3. The molecule has 0 saturated heterocycles. The van der Waals surface area contributed by atoms with Gasteiger partial charge in [0.05, 0.1) is 17.4 Å². The molecule has 0 fully saturated rings. The largest absolute Gasteiger partial charge is 0.434 e. The van der Waals surface area contributed by atoms with Gasteiger partial charge in [0.15, 0.2) is 5.69 Å². The molecule has 0 aliphatic rings. The summed E-state index contributed by atoms with van der Waals surface area (Å²) >= 11 is 5.84. The van der Waals surface area contributed by atoms with Crippen LogP contribution in [-0.4, -0.2) is 22.2 Å². The second-order valence-electron chi connectivity index (χ2n) is 5.89. The van der Waals surface area contributed by atoms with Gasteiger partial charge in [-0.15, -0.1) is 0 Å². The second kappa shape index (κ2) is 8.02. The van der Waals surface area contributed by atoms with E-state index in [0.717, 1.165) is 6.20 Å². The highest BCUT2D eigenvalue weighted by molar-refractivity contribution is 6.30. The standard InChI is InChI=1S/C19H14ClF4N3O/c20-13-5-3-6-14(10-13)27-17(19(22,23)24)15(11-26-27)18(28)25-9-8-12-4-1-2-7-16(12)21/h1-7,10-11H,8-9H2,(H,25,28). The van der Waals surface area contributed by atoms with Crippen molar-refractivity contribution in [3.8, 4) is 5.69 Å². The Morgan fingerprint density at radius 3 is 2.57 bits per heavy atom. The van der Waals surface area contributed by atoms with Crippen molar-refractivity contribution in [1.82, 2.24) is 15.1 Å². The van der Waals surface area contributed by atoms with Gasteiger partial charge in [0.25, 0.3) is 5.91 Å². The minimum atomic E-state index is -4.82. The molecule has 0 aliphatic carbocycles. The zero-order chi connectivity index (χ0) is 20.3. The summed E-state index contributed by atoms with van der Waals surface area (Å²) in [7, 11) is 0. The van der Waals surface area contributed by atoms with Crippen LogP contribution in [-0.2, 0) is 12.6 Å². The number of rotatable bonds is 5. The zero-order valence-electron chi connectivity index (χ0n) is 14.3. The average Bonchev–Trinajstić information content (AvgIpc) is 3.09. The summed E-state index contributed by atoms with van der Waals surface area (Å²) in [5, 5.41) is 6.32. The van der Waals surface area contributed by atoms with Crippen LogP contribution >= 0.6 is 11.6 Å². The number of nitrogens with one attached hydrogen (secondary N) is 1. The minimum absolute atomic E-state index is 0.0284.